The first-order chi connectivity index (χ1) is 12.7. The zero-order chi connectivity index (χ0) is 20.0. The van der Waals surface area contributed by atoms with Gasteiger partial charge in [-0.25, -0.2) is 4.98 Å². The predicted molar refractivity (Wildman–Crippen MR) is 99.7 cm³/mol. The fourth-order valence-corrected chi connectivity index (χ4v) is 2.17. The topological polar surface area (TPSA) is 113 Å². The largest absolute Gasteiger partial charge is 0.340 e. The third-order valence-corrected chi connectivity index (χ3v) is 3.85. The minimum atomic E-state index is -0.845. The molecule has 2 rings (SSSR count). The monoisotopic (exact) mass is 369 g/mol. The van der Waals surface area contributed by atoms with Crippen molar-refractivity contribution in [3.8, 4) is 0 Å². The van der Waals surface area contributed by atoms with Crippen molar-refractivity contribution in [3.05, 3.63) is 59.7 Å². The molecule has 0 aliphatic carbocycles. The summed E-state index contributed by atoms with van der Waals surface area (Å²) in [5, 5.41) is 2.59. The summed E-state index contributed by atoms with van der Waals surface area (Å²) in [7, 11) is 0. The van der Waals surface area contributed by atoms with Gasteiger partial charge in [-0.15, -0.1) is 0 Å². The highest BCUT2D eigenvalue weighted by molar-refractivity contribution is 5.98. The third kappa shape index (κ3) is 5.60. The molecule has 0 fully saturated rings. The molecule has 1 unspecified atom stereocenters. The van der Waals surface area contributed by atoms with E-state index in [2.05, 4.69) is 46.9 Å². The zero-order valence-electron chi connectivity index (χ0n) is 15.7. The van der Waals surface area contributed by atoms with Crippen LogP contribution < -0.4 is 16.2 Å². The molecule has 142 valence electrons. The van der Waals surface area contributed by atoms with E-state index in [0.29, 0.717) is 5.56 Å². The fourth-order valence-electron chi connectivity index (χ4n) is 2.17. The molecule has 3 N–H and O–H groups in total. The van der Waals surface area contributed by atoms with Crippen LogP contribution in [0.2, 0.25) is 0 Å². The molecule has 1 aromatic heterocycles. The van der Waals surface area contributed by atoms with Crippen molar-refractivity contribution in [2.45, 2.75) is 39.2 Å². The molecule has 3 amide bonds. The zero-order valence-corrected chi connectivity index (χ0v) is 15.7. The molecule has 8 nitrogen and oxygen atoms in total. The van der Waals surface area contributed by atoms with E-state index in [9.17, 15) is 14.4 Å². The van der Waals surface area contributed by atoms with E-state index in [1.54, 1.807) is 12.1 Å². The summed E-state index contributed by atoms with van der Waals surface area (Å²) in [6.07, 6.45) is 4.07. The first-order valence-corrected chi connectivity index (χ1v) is 8.46. The Kier molecular flexibility index (Phi) is 6.23. The van der Waals surface area contributed by atoms with Gasteiger partial charge in [-0.3, -0.25) is 30.2 Å². The molecule has 0 saturated heterocycles. The molecule has 0 saturated carbocycles. The number of nitrogens with one attached hydrogen (secondary N) is 3. The van der Waals surface area contributed by atoms with Gasteiger partial charge in [-0.2, -0.15) is 0 Å². The standard InChI is InChI=1S/C19H23N5O3/c1-12(16(25)23-24-18(27)15-11-20-9-10-21-15)22-17(26)13-5-7-14(8-6-13)19(2,3)4/h5-12H,1-4H3,(H,22,26)(H,23,25)(H,24,27). The summed E-state index contributed by atoms with van der Waals surface area (Å²) in [6, 6.07) is 6.37. The van der Waals surface area contributed by atoms with Crippen LogP contribution in [0, 0.1) is 0 Å². The molecule has 0 aliphatic heterocycles. The van der Waals surface area contributed by atoms with Crippen LogP contribution in [-0.2, 0) is 10.2 Å². The molecular formula is C19H23N5O3. The van der Waals surface area contributed by atoms with E-state index in [0.717, 1.165) is 5.56 Å². The molecule has 27 heavy (non-hydrogen) atoms. The Morgan fingerprint density at radius 3 is 2.19 bits per heavy atom. The van der Waals surface area contributed by atoms with Crippen molar-refractivity contribution in [1.82, 2.24) is 26.1 Å². The van der Waals surface area contributed by atoms with Crippen LogP contribution in [0.3, 0.4) is 0 Å². The molecule has 0 bridgehead atoms. The van der Waals surface area contributed by atoms with E-state index in [-0.39, 0.29) is 17.0 Å². The number of hydrogen-bond donors (Lipinski definition) is 3. The van der Waals surface area contributed by atoms with E-state index in [1.165, 1.54) is 25.5 Å². The SMILES string of the molecule is CC(NC(=O)c1ccc(C(C)(C)C)cc1)C(=O)NNC(=O)c1cnccn1. The lowest BCUT2D eigenvalue weighted by Crippen LogP contribution is -2.51. The molecule has 1 atom stereocenters. The first-order valence-electron chi connectivity index (χ1n) is 8.46. The number of hydrazine groups is 1. The molecule has 1 aromatic carbocycles. The van der Waals surface area contributed by atoms with Crippen LogP contribution in [0.4, 0.5) is 0 Å². The van der Waals surface area contributed by atoms with E-state index in [1.807, 2.05) is 12.1 Å². The Hall–Kier alpha value is -3.29. The van der Waals surface area contributed by atoms with Crippen molar-refractivity contribution < 1.29 is 14.4 Å². The lowest BCUT2D eigenvalue weighted by molar-refractivity contribution is -0.123. The quantitative estimate of drug-likeness (QED) is 0.704. The summed E-state index contributed by atoms with van der Waals surface area (Å²) in [4.78, 5) is 43.7. The normalized spacial score (nSPS) is 12.0. The van der Waals surface area contributed by atoms with E-state index in [4.69, 9.17) is 0 Å². The Bertz CT molecular complexity index is 813. The average Bonchev–Trinajstić information content (AvgIpc) is 2.65. The predicted octanol–water partition coefficient (Wildman–Crippen LogP) is 1.35. The Labute approximate surface area is 157 Å². The Morgan fingerprint density at radius 2 is 1.63 bits per heavy atom. The molecule has 0 radical (unpaired) electrons. The van der Waals surface area contributed by atoms with Gasteiger partial charge in [0.25, 0.3) is 17.7 Å². The van der Waals surface area contributed by atoms with Crippen LogP contribution in [0.1, 0.15) is 54.1 Å². The summed E-state index contributed by atoms with van der Waals surface area (Å²) >= 11 is 0. The minimum Gasteiger partial charge on any atom is -0.340 e. The minimum absolute atomic E-state index is 0.0104. The summed E-state index contributed by atoms with van der Waals surface area (Å²) in [5.74, 6) is -1.54. The second-order valence-electron chi connectivity index (χ2n) is 7.06. The number of aromatic nitrogens is 2. The Morgan fingerprint density at radius 1 is 0.963 bits per heavy atom. The van der Waals surface area contributed by atoms with Gasteiger partial charge in [0.1, 0.15) is 11.7 Å². The van der Waals surface area contributed by atoms with Gasteiger partial charge in [-0.1, -0.05) is 32.9 Å². The summed E-state index contributed by atoms with van der Waals surface area (Å²) < 4.78 is 0. The van der Waals surface area contributed by atoms with Gasteiger partial charge in [-0.05, 0) is 30.0 Å². The highest BCUT2D eigenvalue weighted by Crippen LogP contribution is 2.22. The Balaban J connectivity index is 1.88. The highest BCUT2D eigenvalue weighted by atomic mass is 16.2. The van der Waals surface area contributed by atoms with Crippen LogP contribution in [-0.4, -0.2) is 33.7 Å². The number of rotatable bonds is 4. The lowest BCUT2D eigenvalue weighted by Gasteiger charge is -2.19. The number of carbonyl (C=O) groups excluding carboxylic acids is 3. The highest BCUT2D eigenvalue weighted by Gasteiger charge is 2.19. The molecule has 8 heteroatoms. The maximum atomic E-state index is 12.3. The molecular weight excluding hydrogens is 346 g/mol. The summed E-state index contributed by atoms with van der Waals surface area (Å²) in [5.41, 5.74) is 6.08. The van der Waals surface area contributed by atoms with Crippen LogP contribution in [0.5, 0.6) is 0 Å². The van der Waals surface area contributed by atoms with Crippen LogP contribution in [0.25, 0.3) is 0 Å². The fraction of sp³-hybridized carbons (Fsp3) is 0.316. The number of hydrogen-bond acceptors (Lipinski definition) is 5. The number of nitrogens with zero attached hydrogens (tertiary/aromatic N) is 2. The smallest absolute Gasteiger partial charge is 0.289 e. The van der Waals surface area contributed by atoms with Crippen molar-refractivity contribution in [1.29, 1.82) is 0 Å². The van der Waals surface area contributed by atoms with Gasteiger partial charge < -0.3 is 5.32 Å². The van der Waals surface area contributed by atoms with Gasteiger partial charge >= 0.3 is 0 Å². The lowest BCUT2D eigenvalue weighted by atomic mass is 9.86. The average molecular weight is 369 g/mol. The van der Waals surface area contributed by atoms with Crippen molar-refractivity contribution in [2.24, 2.45) is 0 Å². The molecule has 0 spiro atoms. The second-order valence-corrected chi connectivity index (χ2v) is 7.06. The summed E-state index contributed by atoms with van der Waals surface area (Å²) in [6.45, 7) is 7.78. The molecule has 0 aliphatic rings. The number of carbonyl (C=O) groups is 3. The molecule has 1 heterocycles. The van der Waals surface area contributed by atoms with E-state index >= 15 is 0 Å². The van der Waals surface area contributed by atoms with E-state index < -0.39 is 17.9 Å². The number of benzene rings is 1. The van der Waals surface area contributed by atoms with Crippen LogP contribution in [0.15, 0.2) is 42.9 Å². The van der Waals surface area contributed by atoms with Crippen LogP contribution >= 0.6 is 0 Å². The number of amides is 3. The van der Waals surface area contributed by atoms with Crippen molar-refractivity contribution >= 4 is 17.7 Å². The maximum Gasteiger partial charge on any atom is 0.289 e. The first kappa shape index (κ1) is 20.0. The maximum absolute atomic E-state index is 12.3. The van der Waals surface area contributed by atoms with Gasteiger partial charge in [0.05, 0.1) is 6.20 Å². The van der Waals surface area contributed by atoms with Gasteiger partial charge in [0.15, 0.2) is 0 Å². The molecule has 2 aromatic rings. The third-order valence-electron chi connectivity index (χ3n) is 3.85. The van der Waals surface area contributed by atoms with Gasteiger partial charge in [0.2, 0.25) is 0 Å². The van der Waals surface area contributed by atoms with Crippen molar-refractivity contribution in [3.63, 3.8) is 0 Å². The van der Waals surface area contributed by atoms with Crippen molar-refractivity contribution in [2.75, 3.05) is 0 Å². The second kappa shape index (κ2) is 8.39. The van der Waals surface area contributed by atoms with Gasteiger partial charge in [0, 0.05) is 18.0 Å².